The molecule has 0 saturated heterocycles. The molecule has 96 valence electrons. The van der Waals surface area contributed by atoms with Crippen LogP contribution in [0.5, 0.6) is 5.75 Å². The number of aliphatic hydroxyl groups is 1. The lowest BCUT2D eigenvalue weighted by atomic mass is 10.1. The van der Waals surface area contributed by atoms with E-state index in [2.05, 4.69) is 0 Å². The molecule has 0 amide bonds. The molecule has 1 unspecified atom stereocenters. The molecule has 1 atom stereocenters. The van der Waals surface area contributed by atoms with Crippen molar-refractivity contribution in [1.29, 1.82) is 0 Å². The van der Waals surface area contributed by atoms with Gasteiger partial charge in [-0.25, -0.2) is 0 Å². The van der Waals surface area contributed by atoms with Crippen LogP contribution in [-0.2, 0) is 4.74 Å². The lowest BCUT2D eigenvalue weighted by Gasteiger charge is -2.14. The summed E-state index contributed by atoms with van der Waals surface area (Å²) in [6, 6.07) is 5.22. The largest absolute Gasteiger partial charge is 0.491 e. The van der Waals surface area contributed by atoms with Crippen molar-refractivity contribution in [1.82, 2.24) is 0 Å². The van der Waals surface area contributed by atoms with E-state index in [1.54, 1.807) is 18.2 Å². The third-order valence-electron chi connectivity index (χ3n) is 2.18. The van der Waals surface area contributed by atoms with Crippen LogP contribution in [0.1, 0.15) is 18.5 Å². The van der Waals surface area contributed by atoms with Gasteiger partial charge in [-0.2, -0.15) is 0 Å². The first kappa shape index (κ1) is 14.3. The highest BCUT2D eigenvalue weighted by Gasteiger charge is 2.08. The molecule has 0 fully saturated rings. The smallest absolute Gasteiger partial charge is 0.124 e. The Morgan fingerprint density at radius 3 is 2.76 bits per heavy atom. The van der Waals surface area contributed by atoms with Crippen LogP contribution >= 0.6 is 11.6 Å². The minimum atomic E-state index is -0.137. The molecule has 1 rings (SSSR count). The van der Waals surface area contributed by atoms with Crippen molar-refractivity contribution in [3.05, 3.63) is 28.8 Å². The van der Waals surface area contributed by atoms with E-state index in [0.717, 1.165) is 11.3 Å². The van der Waals surface area contributed by atoms with Crippen molar-refractivity contribution in [2.75, 3.05) is 26.4 Å². The summed E-state index contributed by atoms with van der Waals surface area (Å²) < 4.78 is 10.7. The maximum atomic E-state index is 8.53. The van der Waals surface area contributed by atoms with Gasteiger partial charge < -0.3 is 20.3 Å². The topological polar surface area (TPSA) is 64.7 Å². The predicted octanol–water partition coefficient (Wildman–Crippen LogP) is 1.75. The SMILES string of the molecule is CC(N)c1cc(Cl)ccc1OCCOCCO. The van der Waals surface area contributed by atoms with Gasteiger partial charge in [0.2, 0.25) is 0 Å². The number of aliphatic hydroxyl groups excluding tert-OH is 1. The van der Waals surface area contributed by atoms with Crippen LogP contribution in [0.2, 0.25) is 5.02 Å². The van der Waals surface area contributed by atoms with E-state index in [0.29, 0.717) is 24.8 Å². The Bertz CT molecular complexity index is 345. The van der Waals surface area contributed by atoms with Crippen LogP contribution < -0.4 is 10.5 Å². The summed E-state index contributed by atoms with van der Waals surface area (Å²) in [4.78, 5) is 0. The first-order valence-electron chi connectivity index (χ1n) is 5.51. The molecule has 1 aromatic carbocycles. The first-order valence-corrected chi connectivity index (χ1v) is 5.89. The van der Waals surface area contributed by atoms with E-state index in [1.807, 2.05) is 6.92 Å². The number of halogens is 1. The fourth-order valence-electron chi connectivity index (χ4n) is 1.38. The van der Waals surface area contributed by atoms with Gasteiger partial charge in [-0.05, 0) is 25.1 Å². The summed E-state index contributed by atoms with van der Waals surface area (Å²) >= 11 is 5.90. The number of nitrogens with two attached hydrogens (primary N) is 1. The zero-order valence-corrected chi connectivity index (χ0v) is 10.6. The van der Waals surface area contributed by atoms with Gasteiger partial charge >= 0.3 is 0 Å². The predicted molar refractivity (Wildman–Crippen MR) is 67.5 cm³/mol. The quantitative estimate of drug-likeness (QED) is 0.733. The molecule has 4 nitrogen and oxygen atoms in total. The summed E-state index contributed by atoms with van der Waals surface area (Å²) in [7, 11) is 0. The monoisotopic (exact) mass is 259 g/mol. The van der Waals surface area contributed by atoms with E-state index >= 15 is 0 Å². The van der Waals surface area contributed by atoms with Crippen molar-refractivity contribution < 1.29 is 14.6 Å². The van der Waals surface area contributed by atoms with Crippen LogP contribution in [0, 0.1) is 0 Å². The zero-order chi connectivity index (χ0) is 12.7. The Morgan fingerprint density at radius 1 is 1.35 bits per heavy atom. The van der Waals surface area contributed by atoms with Gasteiger partial charge in [0.25, 0.3) is 0 Å². The number of hydrogen-bond donors (Lipinski definition) is 2. The van der Waals surface area contributed by atoms with Crippen molar-refractivity contribution in [3.63, 3.8) is 0 Å². The highest BCUT2D eigenvalue weighted by molar-refractivity contribution is 6.30. The highest BCUT2D eigenvalue weighted by Crippen LogP contribution is 2.27. The summed E-state index contributed by atoms with van der Waals surface area (Å²) in [5, 5.41) is 9.17. The van der Waals surface area contributed by atoms with Crippen molar-refractivity contribution >= 4 is 11.6 Å². The van der Waals surface area contributed by atoms with E-state index < -0.39 is 0 Å². The third-order valence-corrected chi connectivity index (χ3v) is 2.42. The van der Waals surface area contributed by atoms with Crippen molar-refractivity contribution in [2.45, 2.75) is 13.0 Å². The van der Waals surface area contributed by atoms with Crippen LogP contribution in [0.15, 0.2) is 18.2 Å². The van der Waals surface area contributed by atoms with E-state index in [9.17, 15) is 0 Å². The maximum Gasteiger partial charge on any atom is 0.124 e. The van der Waals surface area contributed by atoms with Crippen LogP contribution in [0.25, 0.3) is 0 Å². The van der Waals surface area contributed by atoms with E-state index in [1.165, 1.54) is 0 Å². The Balaban J connectivity index is 2.52. The van der Waals surface area contributed by atoms with Gasteiger partial charge in [-0.3, -0.25) is 0 Å². The summed E-state index contributed by atoms with van der Waals surface area (Å²) in [5.41, 5.74) is 6.71. The van der Waals surface area contributed by atoms with Gasteiger partial charge in [-0.1, -0.05) is 11.6 Å². The number of ether oxygens (including phenoxy) is 2. The molecule has 17 heavy (non-hydrogen) atoms. The molecule has 5 heteroatoms. The molecule has 0 bridgehead atoms. The molecule has 0 aliphatic rings. The normalized spacial score (nSPS) is 12.5. The Morgan fingerprint density at radius 2 is 2.12 bits per heavy atom. The first-order chi connectivity index (χ1) is 8.15. The minimum Gasteiger partial charge on any atom is -0.491 e. The van der Waals surface area contributed by atoms with E-state index in [-0.39, 0.29) is 12.6 Å². The second kappa shape index (κ2) is 7.50. The van der Waals surface area contributed by atoms with Gasteiger partial charge in [0, 0.05) is 16.6 Å². The molecule has 3 N–H and O–H groups in total. The number of rotatable bonds is 7. The third kappa shape index (κ3) is 4.91. The van der Waals surface area contributed by atoms with Gasteiger partial charge in [0.1, 0.15) is 12.4 Å². The van der Waals surface area contributed by atoms with Crippen LogP contribution in [0.4, 0.5) is 0 Å². The lowest BCUT2D eigenvalue weighted by molar-refractivity contribution is 0.0702. The minimum absolute atomic E-state index is 0.0199. The average Bonchev–Trinajstić information content (AvgIpc) is 2.30. The fourth-order valence-corrected chi connectivity index (χ4v) is 1.56. The summed E-state index contributed by atoms with van der Waals surface area (Å²) in [5.74, 6) is 0.719. The number of benzene rings is 1. The molecule has 0 saturated carbocycles. The van der Waals surface area contributed by atoms with Gasteiger partial charge in [0.15, 0.2) is 0 Å². The Kier molecular flexibility index (Phi) is 6.29. The summed E-state index contributed by atoms with van der Waals surface area (Å²) in [6.07, 6.45) is 0. The molecule has 0 heterocycles. The van der Waals surface area contributed by atoms with Crippen molar-refractivity contribution in [3.8, 4) is 5.75 Å². The Hall–Kier alpha value is -0.810. The van der Waals surface area contributed by atoms with Gasteiger partial charge in [-0.15, -0.1) is 0 Å². The molecule has 0 aliphatic heterocycles. The Labute approximate surface area is 106 Å². The molecule has 0 radical (unpaired) electrons. The molecular formula is C12H18ClNO3. The second-order valence-corrected chi connectivity index (χ2v) is 4.09. The number of hydrogen-bond acceptors (Lipinski definition) is 4. The molecule has 0 aliphatic carbocycles. The highest BCUT2D eigenvalue weighted by atomic mass is 35.5. The standard InChI is InChI=1S/C12H18ClNO3/c1-9(14)11-8-10(13)2-3-12(11)17-7-6-16-5-4-15/h2-3,8-9,15H,4-7,14H2,1H3. The van der Waals surface area contributed by atoms with Crippen molar-refractivity contribution in [2.24, 2.45) is 5.73 Å². The summed E-state index contributed by atoms with van der Waals surface area (Å²) in [6.45, 7) is 3.07. The molecule has 0 aromatic heterocycles. The maximum absolute atomic E-state index is 8.53. The van der Waals surface area contributed by atoms with Gasteiger partial charge in [0.05, 0.1) is 19.8 Å². The lowest BCUT2D eigenvalue weighted by Crippen LogP contribution is -2.12. The zero-order valence-electron chi connectivity index (χ0n) is 9.86. The fraction of sp³-hybridized carbons (Fsp3) is 0.500. The molecule has 0 spiro atoms. The molecular weight excluding hydrogens is 242 g/mol. The van der Waals surface area contributed by atoms with E-state index in [4.69, 9.17) is 31.9 Å². The van der Waals surface area contributed by atoms with Crippen LogP contribution in [-0.4, -0.2) is 31.5 Å². The average molecular weight is 260 g/mol. The van der Waals surface area contributed by atoms with Crippen LogP contribution in [0.3, 0.4) is 0 Å². The second-order valence-electron chi connectivity index (χ2n) is 3.66. The molecule has 1 aromatic rings.